The van der Waals surface area contributed by atoms with Gasteiger partial charge in [-0.3, -0.25) is 4.79 Å². The van der Waals surface area contributed by atoms with Gasteiger partial charge in [0.25, 0.3) is 5.91 Å². The fourth-order valence-corrected chi connectivity index (χ4v) is 2.78. The number of rotatable bonds is 6. The third-order valence-electron chi connectivity index (χ3n) is 4.25. The molecule has 2 aromatic carbocycles. The summed E-state index contributed by atoms with van der Waals surface area (Å²) in [5.74, 6) is 0.523. The maximum absolute atomic E-state index is 13.0. The monoisotopic (exact) mass is 368 g/mol. The van der Waals surface area contributed by atoms with Crippen molar-refractivity contribution < 1.29 is 23.8 Å². The number of carbonyl (C=O) groups is 2. The lowest BCUT2D eigenvalue weighted by atomic mass is 10.2. The summed E-state index contributed by atoms with van der Waals surface area (Å²) in [6.07, 6.45) is 0. The van der Waals surface area contributed by atoms with E-state index in [4.69, 9.17) is 14.2 Å². The Morgan fingerprint density at radius 2 is 1.48 bits per heavy atom. The highest BCUT2D eigenvalue weighted by molar-refractivity contribution is 6.16. The lowest BCUT2D eigenvalue weighted by Gasteiger charge is -2.17. The molecular formula is C20H20N2O5. The number of methoxy groups -OCH3 is 3. The van der Waals surface area contributed by atoms with Gasteiger partial charge in [-0.05, 0) is 48.5 Å². The van der Waals surface area contributed by atoms with Crippen LogP contribution in [0, 0.1) is 0 Å². The van der Waals surface area contributed by atoms with E-state index in [0.29, 0.717) is 22.9 Å². The van der Waals surface area contributed by atoms with Gasteiger partial charge in [-0.15, -0.1) is 0 Å². The Balaban J connectivity index is 1.89. The second-order valence-corrected chi connectivity index (χ2v) is 5.79. The zero-order valence-corrected chi connectivity index (χ0v) is 15.3. The molecule has 1 aliphatic rings. The predicted molar refractivity (Wildman–Crippen MR) is 101 cm³/mol. The van der Waals surface area contributed by atoms with Gasteiger partial charge in [0.2, 0.25) is 0 Å². The molecule has 0 aromatic heterocycles. The number of benzene rings is 2. The number of anilines is 2. The van der Waals surface area contributed by atoms with Crippen LogP contribution in [0.4, 0.5) is 11.4 Å². The highest BCUT2D eigenvalue weighted by Gasteiger charge is 2.35. The Morgan fingerprint density at radius 3 is 2.00 bits per heavy atom. The number of nitrogens with one attached hydrogen (secondary N) is 1. The van der Waals surface area contributed by atoms with E-state index in [1.54, 1.807) is 62.8 Å². The number of hydrogen-bond donors (Lipinski definition) is 1. The van der Waals surface area contributed by atoms with E-state index < -0.39 is 5.97 Å². The lowest BCUT2D eigenvalue weighted by Crippen LogP contribution is -2.28. The third-order valence-corrected chi connectivity index (χ3v) is 4.25. The van der Waals surface area contributed by atoms with Gasteiger partial charge >= 0.3 is 5.97 Å². The smallest absolute Gasteiger partial charge is 0.337 e. The molecule has 0 spiro atoms. The van der Waals surface area contributed by atoms with Crippen LogP contribution in [-0.2, 0) is 14.3 Å². The maximum atomic E-state index is 13.0. The fourth-order valence-electron chi connectivity index (χ4n) is 2.78. The topological polar surface area (TPSA) is 77.1 Å². The van der Waals surface area contributed by atoms with E-state index >= 15 is 0 Å². The molecule has 0 unspecified atom stereocenters. The average molecular weight is 368 g/mol. The largest absolute Gasteiger partial charge is 0.497 e. The second kappa shape index (κ2) is 7.82. The molecule has 7 nitrogen and oxygen atoms in total. The van der Waals surface area contributed by atoms with Gasteiger partial charge < -0.3 is 24.4 Å². The van der Waals surface area contributed by atoms with Crippen LogP contribution in [0.1, 0.15) is 0 Å². The van der Waals surface area contributed by atoms with Crippen molar-refractivity contribution in [3.05, 3.63) is 59.8 Å². The Kier molecular flexibility index (Phi) is 5.30. The highest BCUT2D eigenvalue weighted by Crippen LogP contribution is 2.29. The molecule has 1 amide bonds. The first-order valence-electron chi connectivity index (χ1n) is 8.26. The number of hydrogen-bond acceptors (Lipinski definition) is 6. The molecule has 140 valence electrons. The molecule has 0 saturated carbocycles. The molecule has 7 heteroatoms. The quantitative estimate of drug-likeness (QED) is 0.790. The molecule has 3 rings (SSSR count). The minimum atomic E-state index is -0.546. The van der Waals surface area contributed by atoms with Crippen molar-refractivity contribution in [2.45, 2.75) is 0 Å². The number of esters is 1. The van der Waals surface area contributed by atoms with E-state index in [2.05, 4.69) is 5.32 Å². The molecular weight excluding hydrogens is 348 g/mol. The van der Waals surface area contributed by atoms with Gasteiger partial charge in [-0.2, -0.15) is 0 Å². The Morgan fingerprint density at radius 1 is 0.926 bits per heavy atom. The van der Waals surface area contributed by atoms with Crippen LogP contribution < -0.4 is 19.7 Å². The number of amides is 1. The van der Waals surface area contributed by atoms with Crippen LogP contribution in [0.25, 0.3) is 0 Å². The van der Waals surface area contributed by atoms with Crippen molar-refractivity contribution in [1.82, 2.24) is 0 Å². The summed E-state index contributed by atoms with van der Waals surface area (Å²) in [5.41, 5.74) is 1.79. The van der Waals surface area contributed by atoms with Crippen LogP contribution in [0.2, 0.25) is 0 Å². The van der Waals surface area contributed by atoms with Crippen molar-refractivity contribution in [3.63, 3.8) is 0 Å². The average Bonchev–Trinajstić information content (AvgIpc) is 3.04. The van der Waals surface area contributed by atoms with Gasteiger partial charge in [-0.25, -0.2) is 4.79 Å². The first kappa shape index (κ1) is 18.3. The molecule has 2 aromatic rings. The van der Waals surface area contributed by atoms with Crippen molar-refractivity contribution in [1.29, 1.82) is 0 Å². The second-order valence-electron chi connectivity index (χ2n) is 5.79. The van der Waals surface area contributed by atoms with Crippen LogP contribution in [-0.4, -0.2) is 39.8 Å². The van der Waals surface area contributed by atoms with Crippen LogP contribution in [0.5, 0.6) is 11.5 Å². The van der Waals surface area contributed by atoms with E-state index in [1.165, 1.54) is 12.0 Å². The molecule has 1 aliphatic heterocycles. The summed E-state index contributed by atoms with van der Waals surface area (Å²) >= 11 is 0. The summed E-state index contributed by atoms with van der Waals surface area (Å²) in [6, 6.07) is 14.1. The Bertz CT molecular complexity index is 872. The van der Waals surface area contributed by atoms with Crippen LogP contribution in [0.15, 0.2) is 59.8 Å². The van der Waals surface area contributed by atoms with Crippen LogP contribution in [0.3, 0.4) is 0 Å². The number of nitrogens with zero attached hydrogens (tertiary/aromatic N) is 1. The molecule has 0 bridgehead atoms. The molecule has 1 N–H and O–H groups in total. The number of ether oxygens (including phenoxy) is 3. The van der Waals surface area contributed by atoms with Crippen LogP contribution >= 0.6 is 0 Å². The first-order chi connectivity index (χ1) is 13.1. The summed E-state index contributed by atoms with van der Waals surface area (Å²) < 4.78 is 15.1. The van der Waals surface area contributed by atoms with E-state index in [9.17, 15) is 9.59 Å². The Labute approximate surface area is 157 Å². The summed E-state index contributed by atoms with van der Waals surface area (Å²) in [6.45, 7) is 0.121. The van der Waals surface area contributed by atoms with Crippen molar-refractivity contribution >= 4 is 23.3 Å². The van der Waals surface area contributed by atoms with Gasteiger partial charge in [0.05, 0.1) is 33.4 Å². The van der Waals surface area contributed by atoms with Gasteiger partial charge in [0.15, 0.2) is 0 Å². The minimum absolute atomic E-state index is 0.121. The molecule has 0 atom stereocenters. The minimum Gasteiger partial charge on any atom is -0.497 e. The van der Waals surface area contributed by atoms with Gasteiger partial charge in [0.1, 0.15) is 17.2 Å². The predicted octanol–water partition coefficient (Wildman–Crippen LogP) is 2.59. The van der Waals surface area contributed by atoms with E-state index in [0.717, 1.165) is 0 Å². The molecule has 0 saturated heterocycles. The molecule has 0 aliphatic carbocycles. The highest BCUT2D eigenvalue weighted by atomic mass is 16.5. The molecule has 1 heterocycles. The maximum Gasteiger partial charge on any atom is 0.337 e. The standard InChI is InChI=1S/C20H20N2O5/c1-25-15-8-4-13(5-9-15)21-18-17(20(24)27-3)12-22(19(18)23)14-6-10-16(26-2)11-7-14/h4-11,21H,12H2,1-3H3. The normalized spacial score (nSPS) is 13.6. The SMILES string of the molecule is COC(=O)C1=C(Nc2ccc(OC)cc2)C(=O)N(c2ccc(OC)cc2)C1. The van der Waals surface area contributed by atoms with E-state index in [-0.39, 0.29) is 23.7 Å². The summed E-state index contributed by atoms with van der Waals surface area (Å²) in [4.78, 5) is 26.7. The van der Waals surface area contributed by atoms with E-state index in [1.807, 2.05) is 0 Å². The molecule has 0 fully saturated rings. The zero-order chi connectivity index (χ0) is 19.4. The molecule has 27 heavy (non-hydrogen) atoms. The summed E-state index contributed by atoms with van der Waals surface area (Å²) in [7, 11) is 4.44. The van der Waals surface area contributed by atoms with Crippen molar-refractivity contribution in [2.24, 2.45) is 0 Å². The number of carbonyl (C=O) groups excluding carboxylic acids is 2. The third kappa shape index (κ3) is 3.72. The van der Waals surface area contributed by atoms with Crippen molar-refractivity contribution in [2.75, 3.05) is 38.1 Å². The van der Waals surface area contributed by atoms with Gasteiger partial charge in [-0.1, -0.05) is 0 Å². The zero-order valence-electron chi connectivity index (χ0n) is 15.3. The molecule has 0 radical (unpaired) electrons. The van der Waals surface area contributed by atoms with Crippen molar-refractivity contribution in [3.8, 4) is 11.5 Å². The van der Waals surface area contributed by atoms with Gasteiger partial charge in [0, 0.05) is 11.4 Å². The first-order valence-corrected chi connectivity index (χ1v) is 8.26. The fraction of sp³-hybridized carbons (Fsp3) is 0.200. The Hall–Kier alpha value is -3.48. The lowest BCUT2D eigenvalue weighted by molar-refractivity contribution is -0.136. The summed E-state index contributed by atoms with van der Waals surface area (Å²) in [5, 5.41) is 3.04.